The third-order valence-corrected chi connectivity index (χ3v) is 10.3. The second-order valence-electron chi connectivity index (χ2n) is 12.8. The zero-order valence-electron chi connectivity index (χ0n) is 26.8. The van der Waals surface area contributed by atoms with Gasteiger partial charge in [0.25, 0.3) is 5.56 Å². The maximum atomic E-state index is 13.0. The van der Waals surface area contributed by atoms with Gasteiger partial charge in [0.1, 0.15) is 18.0 Å². The summed E-state index contributed by atoms with van der Waals surface area (Å²) in [5, 5.41) is 12.2. The molecule has 1 aliphatic carbocycles. The highest BCUT2D eigenvalue weighted by Gasteiger charge is 2.50. The van der Waals surface area contributed by atoms with Crippen LogP contribution in [0.4, 0.5) is 11.5 Å². The molecule has 2 fully saturated rings. The summed E-state index contributed by atoms with van der Waals surface area (Å²) in [4.78, 5) is 36.4. The Balaban J connectivity index is 1.10. The number of carbonyl (C=O) groups is 1. The van der Waals surface area contributed by atoms with Gasteiger partial charge in [0.15, 0.2) is 0 Å². The van der Waals surface area contributed by atoms with Gasteiger partial charge in [-0.25, -0.2) is 14.6 Å². The van der Waals surface area contributed by atoms with Crippen molar-refractivity contribution in [2.24, 2.45) is 7.05 Å². The molecule has 244 valence electrons. The summed E-state index contributed by atoms with van der Waals surface area (Å²) in [5.41, 5.74) is 6.94. The second-order valence-corrected chi connectivity index (χ2v) is 13.1. The molecular formula is C36H34ClN7O4. The van der Waals surface area contributed by atoms with Gasteiger partial charge < -0.3 is 20.1 Å². The number of anilines is 2. The fourth-order valence-electron chi connectivity index (χ4n) is 7.33. The summed E-state index contributed by atoms with van der Waals surface area (Å²) in [7, 11) is 3.29. The first kappa shape index (κ1) is 30.5. The fraction of sp³-hybridized carbons (Fsp3) is 0.306. The van der Waals surface area contributed by atoms with E-state index in [0.29, 0.717) is 34.0 Å². The van der Waals surface area contributed by atoms with Gasteiger partial charge in [0.05, 0.1) is 29.4 Å². The van der Waals surface area contributed by atoms with Crippen molar-refractivity contribution in [3.63, 3.8) is 0 Å². The van der Waals surface area contributed by atoms with E-state index in [1.165, 1.54) is 10.2 Å². The van der Waals surface area contributed by atoms with E-state index >= 15 is 0 Å². The van der Waals surface area contributed by atoms with E-state index < -0.39 is 0 Å². The molecule has 11 nitrogen and oxygen atoms in total. The molecule has 8 rings (SSSR count). The Kier molecular flexibility index (Phi) is 7.43. The lowest BCUT2D eigenvalue weighted by Gasteiger charge is -2.53. The fourth-order valence-corrected chi connectivity index (χ4v) is 7.66. The summed E-state index contributed by atoms with van der Waals surface area (Å²) < 4.78 is 13.1. The molecule has 2 N–H and O–H groups in total. The van der Waals surface area contributed by atoms with Crippen LogP contribution in [-0.2, 0) is 23.0 Å². The number of pyridine rings is 2. The second kappa shape index (κ2) is 11.7. The first-order chi connectivity index (χ1) is 23.2. The van der Waals surface area contributed by atoms with Crippen LogP contribution in [0.1, 0.15) is 29.2 Å². The number of ether oxygens (including phenoxy) is 2. The lowest BCUT2D eigenvalue weighted by Crippen LogP contribution is -2.70. The third-order valence-electron chi connectivity index (χ3n) is 9.88. The van der Waals surface area contributed by atoms with E-state index in [-0.39, 0.29) is 29.7 Å². The van der Waals surface area contributed by atoms with Crippen molar-refractivity contribution in [2.45, 2.75) is 31.4 Å². The number of morpholine rings is 1. The van der Waals surface area contributed by atoms with Crippen LogP contribution < -0.4 is 20.9 Å². The number of likely N-dealkylation sites (tertiary alicyclic amines) is 1. The Bertz CT molecular complexity index is 2170. The summed E-state index contributed by atoms with van der Waals surface area (Å²) in [6, 6.07) is 16.0. The molecule has 1 amide bonds. The molecule has 2 aliphatic heterocycles. The standard InChI is InChI=1S/C36H34ClN7O4/c1-20-23(6-5-9-26(20)41-33-31-22(12-13-38-33)15-40-43(2)35(31)46)24-7-4-8-25(32(24)37)27-14-21-10-11-28(30(21)34(42-27)47-3)44-18-36(19-44)17-39-29(45)16-48-36/h4-9,12-15,28H,10-11,16-19H2,1-3H3,(H,38,41)(H,39,45)/t28-/m1/s1. The molecule has 0 radical (unpaired) electrons. The molecule has 0 bridgehead atoms. The summed E-state index contributed by atoms with van der Waals surface area (Å²) >= 11 is 7.21. The smallest absolute Gasteiger partial charge is 0.278 e. The van der Waals surface area contributed by atoms with Gasteiger partial charge >= 0.3 is 0 Å². The van der Waals surface area contributed by atoms with Gasteiger partial charge in [-0.3, -0.25) is 14.5 Å². The minimum atomic E-state index is -0.309. The van der Waals surface area contributed by atoms with Gasteiger partial charge in [-0.05, 0) is 54.7 Å². The molecule has 5 aromatic rings. The molecule has 0 saturated carbocycles. The number of benzene rings is 2. The number of fused-ring (bicyclic) bond motifs is 2. The highest BCUT2D eigenvalue weighted by atomic mass is 35.5. The molecule has 2 saturated heterocycles. The average Bonchev–Trinajstić information content (AvgIpc) is 3.50. The SMILES string of the molecule is COc1nc(-c2cccc(-c3cccc(Nc4nccc5cnn(C)c(=O)c45)c3C)c2Cl)cc2c1[C@H](N1CC3(CNC(=O)CO3)C1)CC2. The Morgan fingerprint density at radius 2 is 1.90 bits per heavy atom. The van der Waals surface area contributed by atoms with Crippen molar-refractivity contribution in [1.82, 2.24) is 30.0 Å². The van der Waals surface area contributed by atoms with Crippen molar-refractivity contribution in [3.05, 3.63) is 93.0 Å². The number of aryl methyl sites for hydroxylation is 2. The van der Waals surface area contributed by atoms with Crippen LogP contribution in [0.3, 0.4) is 0 Å². The Morgan fingerprint density at radius 3 is 2.69 bits per heavy atom. The normalized spacial score (nSPS) is 18.4. The summed E-state index contributed by atoms with van der Waals surface area (Å²) in [6.07, 6.45) is 5.19. The van der Waals surface area contributed by atoms with Gasteiger partial charge in [0, 0.05) is 66.7 Å². The number of nitrogens with zero attached hydrogens (tertiary/aromatic N) is 5. The maximum absolute atomic E-state index is 13.0. The molecule has 2 aromatic carbocycles. The highest BCUT2D eigenvalue weighted by Crippen LogP contribution is 2.47. The number of aromatic nitrogens is 4. The number of nitrogens with one attached hydrogen (secondary N) is 2. The quantitative estimate of drug-likeness (QED) is 0.260. The first-order valence-electron chi connectivity index (χ1n) is 15.9. The van der Waals surface area contributed by atoms with Gasteiger partial charge in [0.2, 0.25) is 11.8 Å². The molecule has 48 heavy (non-hydrogen) atoms. The van der Waals surface area contributed by atoms with Crippen molar-refractivity contribution < 1.29 is 14.3 Å². The van der Waals surface area contributed by atoms with Crippen LogP contribution in [-0.4, -0.2) is 69.5 Å². The topological polar surface area (TPSA) is 124 Å². The number of hydrogen-bond acceptors (Lipinski definition) is 9. The van der Waals surface area contributed by atoms with Crippen LogP contribution >= 0.6 is 11.6 Å². The minimum absolute atomic E-state index is 0.0599. The number of hydrogen-bond donors (Lipinski definition) is 2. The number of rotatable bonds is 6. The third kappa shape index (κ3) is 5.01. The zero-order chi connectivity index (χ0) is 33.2. The van der Waals surface area contributed by atoms with E-state index in [0.717, 1.165) is 65.1 Å². The highest BCUT2D eigenvalue weighted by molar-refractivity contribution is 6.36. The summed E-state index contributed by atoms with van der Waals surface area (Å²) in [5.74, 6) is 1.02. The van der Waals surface area contributed by atoms with Crippen molar-refractivity contribution in [2.75, 3.05) is 38.7 Å². The molecule has 3 aliphatic rings. The number of amides is 1. The van der Waals surface area contributed by atoms with E-state index in [1.54, 1.807) is 32.6 Å². The van der Waals surface area contributed by atoms with E-state index in [9.17, 15) is 9.59 Å². The molecule has 1 atom stereocenters. The number of methoxy groups -OCH3 is 1. The zero-order valence-corrected chi connectivity index (χ0v) is 27.6. The van der Waals surface area contributed by atoms with Crippen LogP contribution in [0.5, 0.6) is 5.88 Å². The van der Waals surface area contributed by atoms with Crippen LogP contribution in [0, 0.1) is 6.92 Å². The Labute approximate surface area is 281 Å². The van der Waals surface area contributed by atoms with E-state index in [1.807, 2.05) is 43.3 Å². The Hall–Kier alpha value is -4.84. The Morgan fingerprint density at radius 1 is 1.10 bits per heavy atom. The first-order valence-corrected chi connectivity index (χ1v) is 16.3. The molecule has 3 aromatic heterocycles. The minimum Gasteiger partial charge on any atom is -0.481 e. The molecule has 5 heterocycles. The predicted molar refractivity (Wildman–Crippen MR) is 184 cm³/mol. The summed E-state index contributed by atoms with van der Waals surface area (Å²) in [6.45, 7) is 4.20. The van der Waals surface area contributed by atoms with Gasteiger partial charge in [-0.2, -0.15) is 5.10 Å². The number of carbonyl (C=O) groups excluding carboxylic acids is 1. The maximum Gasteiger partial charge on any atom is 0.278 e. The van der Waals surface area contributed by atoms with Crippen LogP contribution in [0.25, 0.3) is 33.2 Å². The van der Waals surface area contributed by atoms with Gasteiger partial charge in [-0.15, -0.1) is 0 Å². The van der Waals surface area contributed by atoms with E-state index in [4.69, 9.17) is 26.1 Å². The van der Waals surface area contributed by atoms with E-state index in [2.05, 4.69) is 31.7 Å². The molecule has 12 heteroatoms. The lowest BCUT2D eigenvalue weighted by atomic mass is 9.89. The predicted octanol–water partition coefficient (Wildman–Crippen LogP) is 4.96. The van der Waals surface area contributed by atoms with Gasteiger partial charge in [-0.1, -0.05) is 41.9 Å². The van der Waals surface area contributed by atoms with Crippen LogP contribution in [0.2, 0.25) is 5.02 Å². The molecular weight excluding hydrogens is 630 g/mol. The van der Waals surface area contributed by atoms with Crippen molar-refractivity contribution in [3.8, 4) is 28.3 Å². The number of halogens is 1. The van der Waals surface area contributed by atoms with Crippen LogP contribution in [0.15, 0.2) is 65.7 Å². The van der Waals surface area contributed by atoms with Crippen molar-refractivity contribution in [1.29, 1.82) is 0 Å². The lowest BCUT2D eigenvalue weighted by molar-refractivity contribution is -0.179. The molecule has 0 unspecified atom stereocenters. The van der Waals surface area contributed by atoms with Crippen molar-refractivity contribution >= 4 is 39.8 Å². The average molecular weight is 664 g/mol. The largest absolute Gasteiger partial charge is 0.481 e. The molecule has 1 spiro atoms. The monoisotopic (exact) mass is 663 g/mol.